The highest BCUT2D eigenvalue weighted by atomic mass is 16.5. The molecule has 4 nitrogen and oxygen atoms in total. The normalized spacial score (nSPS) is 15.6. The van der Waals surface area contributed by atoms with E-state index >= 15 is 0 Å². The van der Waals surface area contributed by atoms with Crippen LogP contribution < -0.4 is 10.5 Å². The molecule has 1 fully saturated rings. The fourth-order valence-electron chi connectivity index (χ4n) is 1.29. The van der Waals surface area contributed by atoms with Gasteiger partial charge in [-0.1, -0.05) is 0 Å². The van der Waals surface area contributed by atoms with Crippen LogP contribution in [0, 0.1) is 11.3 Å². The first-order valence-corrected chi connectivity index (χ1v) is 4.62. The first-order chi connectivity index (χ1) is 6.79. The Kier molecular flexibility index (Phi) is 2.23. The average Bonchev–Trinajstić information content (AvgIpc) is 2.13. The molecule has 1 aliphatic carbocycles. The van der Waals surface area contributed by atoms with Crippen molar-refractivity contribution in [1.82, 2.24) is 4.98 Å². The summed E-state index contributed by atoms with van der Waals surface area (Å²) in [5.41, 5.74) is 6.41. The summed E-state index contributed by atoms with van der Waals surface area (Å²) < 4.78 is 5.54. The first-order valence-electron chi connectivity index (χ1n) is 4.62. The van der Waals surface area contributed by atoms with E-state index in [1.165, 1.54) is 12.6 Å². The molecule has 14 heavy (non-hydrogen) atoms. The maximum atomic E-state index is 8.82. The van der Waals surface area contributed by atoms with Crippen LogP contribution in [0.5, 0.6) is 5.88 Å². The van der Waals surface area contributed by atoms with Gasteiger partial charge in [0.1, 0.15) is 17.7 Å². The molecular weight excluding hydrogens is 178 g/mol. The van der Waals surface area contributed by atoms with Gasteiger partial charge in [-0.2, -0.15) is 5.26 Å². The minimum absolute atomic E-state index is 0.234. The molecule has 1 heterocycles. The maximum Gasteiger partial charge on any atom is 0.232 e. The van der Waals surface area contributed by atoms with Crippen molar-refractivity contribution in [3.8, 4) is 11.9 Å². The number of anilines is 1. The number of nitriles is 1. The van der Waals surface area contributed by atoms with E-state index in [0.29, 0.717) is 17.1 Å². The average molecular weight is 189 g/mol. The molecule has 0 saturated heterocycles. The Labute approximate surface area is 82.3 Å². The molecule has 0 unspecified atom stereocenters. The van der Waals surface area contributed by atoms with Gasteiger partial charge in [0, 0.05) is 0 Å². The molecule has 0 spiro atoms. The van der Waals surface area contributed by atoms with E-state index in [-0.39, 0.29) is 6.10 Å². The second kappa shape index (κ2) is 3.54. The molecule has 0 aliphatic heterocycles. The van der Waals surface area contributed by atoms with Gasteiger partial charge >= 0.3 is 0 Å². The highest BCUT2D eigenvalue weighted by molar-refractivity contribution is 5.48. The van der Waals surface area contributed by atoms with Crippen molar-refractivity contribution in [2.24, 2.45) is 0 Å². The van der Waals surface area contributed by atoms with Crippen LogP contribution in [-0.4, -0.2) is 11.1 Å². The van der Waals surface area contributed by atoms with Gasteiger partial charge in [-0.15, -0.1) is 0 Å². The molecule has 0 aromatic carbocycles. The van der Waals surface area contributed by atoms with Crippen molar-refractivity contribution in [2.45, 2.75) is 25.4 Å². The van der Waals surface area contributed by atoms with Crippen molar-refractivity contribution in [2.75, 3.05) is 5.73 Å². The predicted molar refractivity (Wildman–Crippen MR) is 51.6 cm³/mol. The molecule has 0 atom stereocenters. The largest absolute Gasteiger partial charge is 0.473 e. The van der Waals surface area contributed by atoms with E-state index in [4.69, 9.17) is 15.7 Å². The molecule has 1 saturated carbocycles. The van der Waals surface area contributed by atoms with Crippen LogP contribution in [-0.2, 0) is 0 Å². The highest BCUT2D eigenvalue weighted by Crippen LogP contribution is 2.26. The number of nitrogen functional groups attached to an aromatic ring is 1. The van der Waals surface area contributed by atoms with Crippen molar-refractivity contribution in [1.29, 1.82) is 5.26 Å². The number of ether oxygens (including phenoxy) is 1. The van der Waals surface area contributed by atoms with Crippen LogP contribution in [0.1, 0.15) is 24.8 Å². The Balaban J connectivity index is 2.19. The van der Waals surface area contributed by atoms with Crippen LogP contribution in [0.15, 0.2) is 12.3 Å². The van der Waals surface area contributed by atoms with E-state index in [0.717, 1.165) is 12.8 Å². The van der Waals surface area contributed by atoms with E-state index in [9.17, 15) is 0 Å². The van der Waals surface area contributed by atoms with Crippen molar-refractivity contribution in [3.63, 3.8) is 0 Å². The Morgan fingerprint density at radius 3 is 2.93 bits per heavy atom. The molecule has 1 aromatic rings. The van der Waals surface area contributed by atoms with Crippen LogP contribution >= 0.6 is 0 Å². The third-order valence-corrected chi connectivity index (χ3v) is 2.32. The molecular formula is C10H11N3O. The second-order valence-electron chi connectivity index (χ2n) is 3.40. The zero-order chi connectivity index (χ0) is 9.97. The van der Waals surface area contributed by atoms with E-state index < -0.39 is 0 Å². The third-order valence-electron chi connectivity index (χ3n) is 2.32. The zero-order valence-corrected chi connectivity index (χ0v) is 7.73. The topological polar surface area (TPSA) is 71.9 Å². The Hall–Kier alpha value is -1.76. The van der Waals surface area contributed by atoms with Crippen LogP contribution in [0.4, 0.5) is 5.69 Å². The Morgan fingerprint density at radius 2 is 2.36 bits per heavy atom. The Bertz CT molecular complexity index is 379. The highest BCUT2D eigenvalue weighted by Gasteiger charge is 2.21. The molecule has 2 rings (SSSR count). The van der Waals surface area contributed by atoms with Crippen LogP contribution in [0.25, 0.3) is 0 Å². The number of hydrogen-bond donors (Lipinski definition) is 1. The molecule has 0 amide bonds. The van der Waals surface area contributed by atoms with Crippen molar-refractivity contribution in [3.05, 3.63) is 17.8 Å². The minimum Gasteiger partial charge on any atom is -0.473 e. The summed E-state index contributed by atoms with van der Waals surface area (Å²) in [6.45, 7) is 0. The van der Waals surface area contributed by atoms with Gasteiger partial charge < -0.3 is 10.5 Å². The number of hydrogen-bond acceptors (Lipinski definition) is 4. The molecule has 0 radical (unpaired) electrons. The van der Waals surface area contributed by atoms with E-state index in [2.05, 4.69) is 4.98 Å². The van der Waals surface area contributed by atoms with Gasteiger partial charge in [-0.05, 0) is 25.3 Å². The lowest BCUT2D eigenvalue weighted by molar-refractivity contribution is 0.114. The van der Waals surface area contributed by atoms with E-state index in [1.807, 2.05) is 6.07 Å². The lowest BCUT2D eigenvalue weighted by Gasteiger charge is -2.25. The van der Waals surface area contributed by atoms with Gasteiger partial charge in [0.15, 0.2) is 0 Å². The molecule has 72 valence electrons. The van der Waals surface area contributed by atoms with Gasteiger partial charge in [0.05, 0.1) is 11.9 Å². The number of pyridine rings is 1. The van der Waals surface area contributed by atoms with Gasteiger partial charge in [0.25, 0.3) is 0 Å². The Morgan fingerprint density at radius 1 is 1.57 bits per heavy atom. The number of nitrogens with two attached hydrogens (primary N) is 1. The van der Waals surface area contributed by atoms with E-state index in [1.54, 1.807) is 6.07 Å². The summed E-state index contributed by atoms with van der Waals surface area (Å²) in [4.78, 5) is 4.00. The summed E-state index contributed by atoms with van der Waals surface area (Å²) >= 11 is 0. The predicted octanol–water partition coefficient (Wildman–Crippen LogP) is 1.47. The molecule has 1 aromatic heterocycles. The number of nitrogens with zero attached hydrogens (tertiary/aromatic N) is 2. The fourth-order valence-corrected chi connectivity index (χ4v) is 1.29. The zero-order valence-electron chi connectivity index (χ0n) is 7.73. The first kappa shape index (κ1) is 8.82. The van der Waals surface area contributed by atoms with Gasteiger partial charge in [0.2, 0.25) is 5.88 Å². The monoisotopic (exact) mass is 189 g/mol. The number of aromatic nitrogens is 1. The SMILES string of the molecule is N#Cc1cc(N)cnc1OC1CCC1. The quantitative estimate of drug-likeness (QED) is 0.764. The van der Waals surface area contributed by atoms with Crippen LogP contribution in [0.2, 0.25) is 0 Å². The van der Waals surface area contributed by atoms with Gasteiger partial charge in [-0.25, -0.2) is 4.98 Å². The molecule has 1 aliphatic rings. The van der Waals surface area contributed by atoms with Gasteiger partial charge in [-0.3, -0.25) is 0 Å². The lowest BCUT2D eigenvalue weighted by Crippen LogP contribution is -2.25. The summed E-state index contributed by atoms with van der Waals surface area (Å²) in [5.74, 6) is 0.409. The maximum absolute atomic E-state index is 8.82. The molecule has 0 bridgehead atoms. The summed E-state index contributed by atoms with van der Waals surface area (Å²) in [7, 11) is 0. The smallest absolute Gasteiger partial charge is 0.232 e. The summed E-state index contributed by atoms with van der Waals surface area (Å²) in [6, 6.07) is 3.61. The second-order valence-corrected chi connectivity index (χ2v) is 3.40. The number of rotatable bonds is 2. The third kappa shape index (κ3) is 1.62. The molecule has 2 N–H and O–H groups in total. The van der Waals surface area contributed by atoms with Crippen molar-refractivity contribution < 1.29 is 4.74 Å². The van der Waals surface area contributed by atoms with Crippen LogP contribution in [0.3, 0.4) is 0 Å². The summed E-state index contributed by atoms with van der Waals surface area (Å²) in [6.07, 6.45) is 5.04. The standard InChI is InChI=1S/C10H11N3O/c11-5-7-4-8(12)6-13-10(7)14-9-2-1-3-9/h4,6,9H,1-3,12H2. The lowest BCUT2D eigenvalue weighted by atomic mass is 9.96. The molecule has 4 heteroatoms. The van der Waals surface area contributed by atoms with Crippen molar-refractivity contribution >= 4 is 5.69 Å². The summed E-state index contributed by atoms with van der Waals surface area (Å²) in [5, 5.41) is 8.82. The fraction of sp³-hybridized carbons (Fsp3) is 0.400. The minimum atomic E-state index is 0.234.